The van der Waals surface area contributed by atoms with Crippen LogP contribution in [0.1, 0.15) is 12.0 Å². The summed E-state index contributed by atoms with van der Waals surface area (Å²) in [6.45, 7) is 4.18. The summed E-state index contributed by atoms with van der Waals surface area (Å²) in [5.74, 6) is 0.154. The predicted molar refractivity (Wildman–Crippen MR) is 98.5 cm³/mol. The molecule has 26 heavy (non-hydrogen) atoms. The Labute approximate surface area is 154 Å². The fourth-order valence-electron chi connectivity index (χ4n) is 3.11. The summed E-state index contributed by atoms with van der Waals surface area (Å²) in [4.78, 5) is 28.8. The van der Waals surface area contributed by atoms with Gasteiger partial charge in [0.25, 0.3) is 0 Å². The number of methoxy groups -OCH3 is 3. The highest BCUT2D eigenvalue weighted by Crippen LogP contribution is 2.34. The minimum absolute atomic E-state index is 0.0402. The summed E-state index contributed by atoms with van der Waals surface area (Å²) in [5, 5.41) is 0. The summed E-state index contributed by atoms with van der Waals surface area (Å²) in [5.41, 5.74) is 1.75. The van der Waals surface area contributed by atoms with E-state index in [4.69, 9.17) is 14.2 Å². The van der Waals surface area contributed by atoms with Gasteiger partial charge in [-0.05, 0) is 24.6 Å². The molecule has 144 valence electrons. The van der Waals surface area contributed by atoms with Gasteiger partial charge in [-0.15, -0.1) is 0 Å². The molecule has 0 spiro atoms. The minimum atomic E-state index is -0.374. The fraction of sp³-hybridized carbons (Fsp3) is 0.579. The van der Waals surface area contributed by atoms with Gasteiger partial charge in [0.05, 0.1) is 31.9 Å². The Kier molecular flexibility index (Phi) is 7.41. The van der Waals surface area contributed by atoms with Crippen LogP contribution in [0.25, 0.3) is 0 Å². The smallest absolute Gasteiger partial charge is 0.228 e. The Morgan fingerprint density at radius 1 is 1.19 bits per heavy atom. The second kappa shape index (κ2) is 9.54. The highest BCUT2D eigenvalue weighted by Gasteiger charge is 2.38. The van der Waals surface area contributed by atoms with Gasteiger partial charge in [0.1, 0.15) is 5.75 Å². The van der Waals surface area contributed by atoms with Crippen LogP contribution in [0.5, 0.6) is 5.75 Å². The molecule has 7 heteroatoms. The first-order valence-electron chi connectivity index (χ1n) is 8.73. The Hall–Kier alpha value is -2.12. The lowest BCUT2D eigenvalue weighted by Crippen LogP contribution is -2.41. The van der Waals surface area contributed by atoms with Crippen LogP contribution in [-0.2, 0) is 19.1 Å². The third-order valence-electron chi connectivity index (χ3n) is 4.54. The largest absolute Gasteiger partial charge is 0.495 e. The number of hydrogen-bond acceptors (Lipinski definition) is 5. The van der Waals surface area contributed by atoms with Crippen molar-refractivity contribution in [1.82, 2.24) is 4.90 Å². The van der Waals surface area contributed by atoms with Crippen molar-refractivity contribution < 1.29 is 23.8 Å². The second-order valence-corrected chi connectivity index (χ2v) is 6.39. The van der Waals surface area contributed by atoms with E-state index in [1.807, 2.05) is 25.1 Å². The lowest BCUT2D eigenvalue weighted by Gasteiger charge is -2.25. The van der Waals surface area contributed by atoms with Crippen molar-refractivity contribution in [3.8, 4) is 5.75 Å². The summed E-state index contributed by atoms with van der Waals surface area (Å²) in [7, 11) is 4.78. The topological polar surface area (TPSA) is 68.3 Å². The molecule has 1 aromatic carbocycles. The number of carbonyl (C=O) groups excluding carboxylic acids is 2. The van der Waals surface area contributed by atoms with Crippen molar-refractivity contribution >= 4 is 17.5 Å². The first-order valence-corrected chi connectivity index (χ1v) is 8.73. The molecule has 1 heterocycles. The fourth-order valence-corrected chi connectivity index (χ4v) is 3.11. The minimum Gasteiger partial charge on any atom is -0.495 e. The van der Waals surface area contributed by atoms with Crippen molar-refractivity contribution in [2.24, 2.45) is 5.92 Å². The lowest BCUT2D eigenvalue weighted by atomic mass is 10.1. The van der Waals surface area contributed by atoms with Gasteiger partial charge in [-0.25, -0.2) is 0 Å². The van der Waals surface area contributed by atoms with E-state index in [2.05, 4.69) is 0 Å². The molecule has 0 bridgehead atoms. The quantitative estimate of drug-likeness (QED) is 0.664. The highest BCUT2D eigenvalue weighted by atomic mass is 16.5. The van der Waals surface area contributed by atoms with Crippen molar-refractivity contribution in [3.05, 3.63) is 23.8 Å². The predicted octanol–water partition coefficient (Wildman–Crippen LogP) is 1.48. The summed E-state index contributed by atoms with van der Waals surface area (Å²) < 4.78 is 15.6. The van der Waals surface area contributed by atoms with Crippen LogP contribution in [0.15, 0.2) is 18.2 Å². The number of nitrogens with zero attached hydrogens (tertiary/aromatic N) is 2. The molecule has 1 aliphatic heterocycles. The molecule has 1 aliphatic rings. The zero-order valence-corrected chi connectivity index (χ0v) is 16.0. The number of aryl methyl sites for hydroxylation is 1. The first kappa shape index (κ1) is 20.2. The normalized spacial score (nSPS) is 16.8. The van der Waals surface area contributed by atoms with Crippen molar-refractivity contribution in [2.45, 2.75) is 13.3 Å². The summed E-state index contributed by atoms with van der Waals surface area (Å²) in [6.07, 6.45) is 0.201. The number of benzene rings is 1. The Balaban J connectivity index is 2.14. The van der Waals surface area contributed by atoms with Gasteiger partial charge < -0.3 is 24.0 Å². The molecule has 1 saturated heterocycles. The number of hydrogen-bond donors (Lipinski definition) is 0. The van der Waals surface area contributed by atoms with Crippen LogP contribution in [0, 0.1) is 12.8 Å². The van der Waals surface area contributed by atoms with E-state index >= 15 is 0 Å². The van der Waals surface area contributed by atoms with Gasteiger partial charge >= 0.3 is 0 Å². The summed E-state index contributed by atoms with van der Waals surface area (Å²) in [6, 6.07) is 5.69. The number of amides is 2. The first-order chi connectivity index (χ1) is 12.5. The maximum Gasteiger partial charge on any atom is 0.228 e. The van der Waals surface area contributed by atoms with E-state index in [9.17, 15) is 9.59 Å². The second-order valence-electron chi connectivity index (χ2n) is 6.39. The van der Waals surface area contributed by atoms with Gasteiger partial charge in [0.2, 0.25) is 11.8 Å². The molecule has 2 amide bonds. The average molecular weight is 364 g/mol. The van der Waals surface area contributed by atoms with E-state index in [1.165, 1.54) is 0 Å². The van der Waals surface area contributed by atoms with E-state index in [0.717, 1.165) is 5.56 Å². The SMILES string of the molecule is COCCN(CCOC)C(=O)C1CC(=O)N(c2cc(C)ccc2OC)C1. The molecule has 1 atom stereocenters. The maximum absolute atomic E-state index is 12.9. The molecule has 1 fully saturated rings. The molecule has 1 unspecified atom stereocenters. The molecule has 2 rings (SSSR count). The van der Waals surface area contributed by atoms with Crippen molar-refractivity contribution in [3.63, 3.8) is 0 Å². The van der Waals surface area contributed by atoms with Gasteiger partial charge in [0.15, 0.2) is 0 Å². The van der Waals surface area contributed by atoms with Crippen molar-refractivity contribution in [1.29, 1.82) is 0 Å². The number of carbonyl (C=O) groups is 2. The Morgan fingerprint density at radius 2 is 1.85 bits per heavy atom. The standard InChI is InChI=1S/C19H28N2O5/c1-14-5-6-17(26-4)16(11-14)21-13-15(12-18(21)22)19(23)20(7-9-24-2)8-10-25-3/h5-6,11,15H,7-10,12-13H2,1-4H3. The maximum atomic E-state index is 12.9. The van der Waals surface area contributed by atoms with Crippen LogP contribution in [0.2, 0.25) is 0 Å². The van der Waals surface area contributed by atoms with Crippen LogP contribution >= 0.6 is 0 Å². The molecule has 1 aromatic rings. The molecule has 7 nitrogen and oxygen atoms in total. The average Bonchev–Trinajstić information content (AvgIpc) is 3.03. The molecule has 0 aromatic heterocycles. The van der Waals surface area contributed by atoms with Gasteiger partial charge in [-0.3, -0.25) is 9.59 Å². The van der Waals surface area contributed by atoms with E-state index in [0.29, 0.717) is 44.3 Å². The molecule has 0 N–H and O–H groups in total. The van der Waals surface area contributed by atoms with Crippen LogP contribution < -0.4 is 9.64 Å². The summed E-state index contributed by atoms with van der Waals surface area (Å²) >= 11 is 0. The van der Waals surface area contributed by atoms with Crippen LogP contribution in [0.3, 0.4) is 0 Å². The highest BCUT2D eigenvalue weighted by molar-refractivity contribution is 6.01. The Bertz CT molecular complexity index is 626. The number of anilines is 1. The molecule has 0 saturated carbocycles. The van der Waals surface area contributed by atoms with E-state index < -0.39 is 0 Å². The molecule has 0 aliphatic carbocycles. The number of ether oxygens (including phenoxy) is 3. The monoisotopic (exact) mass is 364 g/mol. The van der Waals surface area contributed by atoms with Gasteiger partial charge in [0, 0.05) is 40.3 Å². The van der Waals surface area contributed by atoms with Crippen LogP contribution in [-0.4, -0.2) is 70.9 Å². The Morgan fingerprint density at radius 3 is 2.42 bits per heavy atom. The van der Waals surface area contributed by atoms with Gasteiger partial charge in [-0.2, -0.15) is 0 Å². The number of rotatable bonds is 9. The lowest BCUT2D eigenvalue weighted by molar-refractivity contribution is -0.137. The molecular weight excluding hydrogens is 336 g/mol. The third-order valence-corrected chi connectivity index (χ3v) is 4.54. The van der Waals surface area contributed by atoms with E-state index in [-0.39, 0.29) is 24.2 Å². The van der Waals surface area contributed by atoms with Crippen molar-refractivity contribution in [2.75, 3.05) is 59.1 Å². The van der Waals surface area contributed by atoms with Gasteiger partial charge in [-0.1, -0.05) is 6.07 Å². The molecule has 0 radical (unpaired) electrons. The van der Waals surface area contributed by atoms with Crippen LogP contribution in [0.4, 0.5) is 5.69 Å². The zero-order chi connectivity index (χ0) is 19.1. The third kappa shape index (κ3) is 4.74. The zero-order valence-electron chi connectivity index (χ0n) is 16.0. The van der Waals surface area contributed by atoms with E-state index in [1.54, 1.807) is 31.1 Å². The molecular formula is C19H28N2O5.